The van der Waals surface area contributed by atoms with Crippen molar-refractivity contribution in [3.05, 3.63) is 23.1 Å². The van der Waals surface area contributed by atoms with E-state index in [0.29, 0.717) is 0 Å². The molecule has 0 saturated heterocycles. The summed E-state index contributed by atoms with van der Waals surface area (Å²) < 4.78 is 5.03. The van der Waals surface area contributed by atoms with Crippen LogP contribution in [0.15, 0.2) is 17.8 Å². The summed E-state index contributed by atoms with van der Waals surface area (Å²) in [7, 11) is 0. The van der Waals surface area contributed by atoms with Gasteiger partial charge in [-0.05, 0) is 26.3 Å². The third-order valence-electron chi connectivity index (χ3n) is 1.58. The third-order valence-corrected chi connectivity index (χ3v) is 1.58. The maximum absolute atomic E-state index is 11.7. The molecule has 0 amide bonds. The first-order valence-electron chi connectivity index (χ1n) is 4.63. The normalized spacial score (nSPS) is 13.9. The van der Waals surface area contributed by atoms with Crippen molar-refractivity contribution in [3.8, 4) is 6.07 Å². The highest BCUT2D eigenvalue weighted by molar-refractivity contribution is 5.85. The van der Waals surface area contributed by atoms with E-state index in [1.807, 2.05) is 0 Å². The van der Waals surface area contributed by atoms with Crippen LogP contribution in [0.25, 0.3) is 10.4 Å². The zero-order chi connectivity index (χ0) is 12.8. The highest BCUT2D eigenvalue weighted by Gasteiger charge is 2.40. The first kappa shape index (κ1) is 14.0. The fourth-order valence-corrected chi connectivity index (χ4v) is 0.926. The molecule has 16 heavy (non-hydrogen) atoms. The molecule has 0 aromatic heterocycles. The third kappa shape index (κ3) is 3.64. The van der Waals surface area contributed by atoms with Gasteiger partial charge in [0, 0.05) is 11.3 Å². The SMILES string of the molecule is C=CC[C@](C#N)(N=[N+]=[N-])C(=O)OC(C)(C)C. The van der Waals surface area contributed by atoms with Gasteiger partial charge in [-0.1, -0.05) is 11.2 Å². The molecule has 0 aliphatic carbocycles. The van der Waals surface area contributed by atoms with Crippen molar-refractivity contribution in [2.45, 2.75) is 38.3 Å². The van der Waals surface area contributed by atoms with E-state index in [1.165, 1.54) is 6.08 Å². The second-order valence-electron chi connectivity index (χ2n) is 4.16. The fraction of sp³-hybridized carbons (Fsp3) is 0.600. The second-order valence-corrected chi connectivity index (χ2v) is 4.16. The standard InChI is InChI=1S/C10H14N4O2/c1-5-6-10(7-11,13-14-12)8(15)16-9(2,3)4/h5H,1,6H2,2-4H3/t10-/m1/s1. The lowest BCUT2D eigenvalue weighted by molar-refractivity contribution is -0.159. The summed E-state index contributed by atoms with van der Waals surface area (Å²) in [6, 6.07) is 1.67. The van der Waals surface area contributed by atoms with Gasteiger partial charge < -0.3 is 4.74 Å². The van der Waals surface area contributed by atoms with Gasteiger partial charge in [-0.3, -0.25) is 4.79 Å². The molecule has 6 nitrogen and oxygen atoms in total. The van der Waals surface area contributed by atoms with Crippen LogP contribution in [-0.2, 0) is 9.53 Å². The molecule has 0 rings (SSSR count). The van der Waals surface area contributed by atoms with Crippen LogP contribution in [0.3, 0.4) is 0 Å². The van der Waals surface area contributed by atoms with Crippen LogP contribution in [0.2, 0.25) is 0 Å². The van der Waals surface area contributed by atoms with Crippen LogP contribution in [-0.4, -0.2) is 17.1 Å². The highest BCUT2D eigenvalue weighted by atomic mass is 16.6. The Morgan fingerprint density at radius 1 is 1.69 bits per heavy atom. The van der Waals surface area contributed by atoms with Gasteiger partial charge in [-0.2, -0.15) is 5.26 Å². The van der Waals surface area contributed by atoms with E-state index in [-0.39, 0.29) is 6.42 Å². The van der Waals surface area contributed by atoms with Gasteiger partial charge in [0.1, 0.15) is 5.60 Å². The maximum Gasteiger partial charge on any atom is 0.333 e. The van der Waals surface area contributed by atoms with Crippen molar-refractivity contribution < 1.29 is 9.53 Å². The molecule has 0 fully saturated rings. The average Bonchev–Trinajstić information content (AvgIpc) is 2.14. The van der Waals surface area contributed by atoms with Gasteiger partial charge in [0.2, 0.25) is 5.54 Å². The van der Waals surface area contributed by atoms with Gasteiger partial charge in [0.25, 0.3) is 0 Å². The number of nitrogens with zero attached hydrogens (tertiary/aromatic N) is 4. The summed E-state index contributed by atoms with van der Waals surface area (Å²) >= 11 is 0. The van der Waals surface area contributed by atoms with Crippen LogP contribution in [0.5, 0.6) is 0 Å². The molecular formula is C10H14N4O2. The zero-order valence-corrected chi connectivity index (χ0v) is 9.60. The van der Waals surface area contributed by atoms with E-state index >= 15 is 0 Å². The highest BCUT2D eigenvalue weighted by Crippen LogP contribution is 2.22. The monoisotopic (exact) mass is 222 g/mol. The maximum atomic E-state index is 11.7. The largest absolute Gasteiger partial charge is 0.459 e. The van der Waals surface area contributed by atoms with Crippen LogP contribution < -0.4 is 0 Å². The number of rotatable bonds is 4. The molecule has 0 aliphatic rings. The number of azide groups is 1. The molecular weight excluding hydrogens is 208 g/mol. The van der Waals surface area contributed by atoms with Gasteiger partial charge in [0.15, 0.2) is 0 Å². The Morgan fingerprint density at radius 3 is 2.56 bits per heavy atom. The van der Waals surface area contributed by atoms with Crippen LogP contribution in [0, 0.1) is 11.3 Å². The molecule has 0 radical (unpaired) electrons. The Morgan fingerprint density at radius 2 is 2.25 bits per heavy atom. The molecule has 0 aromatic rings. The molecule has 86 valence electrons. The first-order valence-corrected chi connectivity index (χ1v) is 4.63. The number of nitriles is 1. The first-order chi connectivity index (χ1) is 7.31. The lowest BCUT2D eigenvalue weighted by Gasteiger charge is -2.25. The number of hydrogen-bond donors (Lipinski definition) is 0. The van der Waals surface area contributed by atoms with Gasteiger partial charge in [0.05, 0.1) is 6.07 Å². The summed E-state index contributed by atoms with van der Waals surface area (Å²) in [5.41, 5.74) is 5.77. The Kier molecular flexibility index (Phi) is 4.55. The van der Waals surface area contributed by atoms with Crippen molar-refractivity contribution in [1.82, 2.24) is 0 Å². The molecule has 0 N–H and O–H groups in total. The van der Waals surface area contributed by atoms with Crippen LogP contribution >= 0.6 is 0 Å². The number of hydrogen-bond acceptors (Lipinski definition) is 4. The number of carbonyl (C=O) groups excluding carboxylic acids is 1. The number of esters is 1. The van der Waals surface area contributed by atoms with E-state index in [4.69, 9.17) is 15.5 Å². The van der Waals surface area contributed by atoms with Crippen molar-refractivity contribution in [2.75, 3.05) is 0 Å². The predicted octanol–water partition coefficient (Wildman–Crippen LogP) is 2.48. The summed E-state index contributed by atoms with van der Waals surface area (Å²) in [6.45, 7) is 8.40. The Bertz CT molecular complexity index is 371. The van der Waals surface area contributed by atoms with E-state index in [1.54, 1.807) is 26.8 Å². The minimum atomic E-state index is -1.86. The molecule has 1 atom stereocenters. The zero-order valence-electron chi connectivity index (χ0n) is 9.60. The van der Waals surface area contributed by atoms with Crippen molar-refractivity contribution in [1.29, 1.82) is 5.26 Å². The Labute approximate surface area is 94.1 Å². The molecule has 0 unspecified atom stereocenters. The Hall–Kier alpha value is -1.99. The average molecular weight is 222 g/mol. The molecule has 0 spiro atoms. The molecule has 0 bridgehead atoms. The van der Waals surface area contributed by atoms with Crippen molar-refractivity contribution in [3.63, 3.8) is 0 Å². The lowest BCUT2D eigenvalue weighted by atomic mass is 9.98. The fourth-order valence-electron chi connectivity index (χ4n) is 0.926. The number of ether oxygens (including phenoxy) is 1. The molecule has 0 aliphatic heterocycles. The van der Waals surface area contributed by atoms with Gasteiger partial charge in [-0.15, -0.1) is 6.58 Å². The molecule has 6 heteroatoms. The van der Waals surface area contributed by atoms with E-state index in [9.17, 15) is 4.79 Å². The topological polar surface area (TPSA) is 98.9 Å². The van der Waals surface area contributed by atoms with Gasteiger partial charge >= 0.3 is 5.97 Å². The van der Waals surface area contributed by atoms with E-state index < -0.39 is 17.1 Å². The molecule has 0 aromatic carbocycles. The second kappa shape index (κ2) is 5.19. The predicted molar refractivity (Wildman–Crippen MR) is 58.1 cm³/mol. The molecule has 0 heterocycles. The summed E-state index contributed by atoms with van der Waals surface area (Å²) in [4.78, 5) is 14.2. The smallest absolute Gasteiger partial charge is 0.333 e. The summed E-state index contributed by atoms with van der Waals surface area (Å²) in [5.74, 6) is -0.861. The quantitative estimate of drug-likeness (QED) is 0.240. The van der Waals surface area contributed by atoms with Crippen molar-refractivity contribution >= 4 is 5.97 Å². The molecule has 0 saturated carbocycles. The van der Waals surface area contributed by atoms with Gasteiger partial charge in [-0.25, -0.2) is 0 Å². The Balaban J connectivity index is 5.20. The van der Waals surface area contributed by atoms with E-state index in [0.717, 1.165) is 0 Å². The van der Waals surface area contributed by atoms with Crippen molar-refractivity contribution in [2.24, 2.45) is 5.11 Å². The summed E-state index contributed by atoms with van der Waals surface area (Å²) in [6.07, 6.45) is 1.25. The summed E-state index contributed by atoms with van der Waals surface area (Å²) in [5, 5.41) is 12.2. The lowest BCUT2D eigenvalue weighted by Crippen LogP contribution is -2.40. The minimum Gasteiger partial charge on any atom is -0.459 e. The minimum absolute atomic E-state index is 0.0809. The van der Waals surface area contributed by atoms with E-state index in [2.05, 4.69) is 16.6 Å². The number of carbonyl (C=O) groups is 1. The van der Waals surface area contributed by atoms with Crippen LogP contribution in [0.4, 0.5) is 0 Å². The van der Waals surface area contributed by atoms with Crippen LogP contribution in [0.1, 0.15) is 27.2 Å².